The first-order valence-electron chi connectivity index (χ1n) is 6.88. The number of nitrogens with one attached hydrogen (secondary N) is 1. The number of nitrogens with two attached hydrogens (primary N) is 1. The van der Waals surface area contributed by atoms with E-state index in [0.717, 1.165) is 19.5 Å². The first-order chi connectivity index (χ1) is 9.28. The third-order valence-corrected chi connectivity index (χ3v) is 2.98. The molecule has 0 amide bonds. The van der Waals surface area contributed by atoms with E-state index in [1.165, 1.54) is 25.9 Å². The number of nitrogen functional groups attached to an aromatic ring is 1. The van der Waals surface area contributed by atoms with Crippen LogP contribution in [0.25, 0.3) is 0 Å². The molecule has 0 saturated carbocycles. The lowest BCUT2D eigenvalue weighted by atomic mass is 10.4. The van der Waals surface area contributed by atoms with Crippen LogP contribution in [-0.2, 0) is 0 Å². The van der Waals surface area contributed by atoms with Crippen molar-refractivity contribution in [3.8, 4) is 6.01 Å². The minimum absolute atomic E-state index is 0.185. The van der Waals surface area contributed by atoms with Crippen molar-refractivity contribution in [1.82, 2.24) is 19.9 Å². The van der Waals surface area contributed by atoms with Crippen molar-refractivity contribution in [1.29, 1.82) is 0 Å². The summed E-state index contributed by atoms with van der Waals surface area (Å²) in [6.45, 7) is 6.78. The summed E-state index contributed by atoms with van der Waals surface area (Å²) in [5.74, 6) is 0.669. The van der Waals surface area contributed by atoms with E-state index in [4.69, 9.17) is 10.5 Å². The largest absolute Gasteiger partial charge is 0.463 e. The van der Waals surface area contributed by atoms with Gasteiger partial charge >= 0.3 is 6.01 Å². The lowest BCUT2D eigenvalue weighted by Crippen LogP contribution is -2.26. The zero-order valence-corrected chi connectivity index (χ0v) is 11.4. The summed E-state index contributed by atoms with van der Waals surface area (Å²) < 4.78 is 5.36. The number of anilines is 2. The molecule has 0 bridgehead atoms. The Morgan fingerprint density at radius 3 is 2.79 bits per heavy atom. The van der Waals surface area contributed by atoms with Crippen molar-refractivity contribution >= 4 is 11.9 Å². The van der Waals surface area contributed by atoms with E-state index >= 15 is 0 Å². The first-order valence-corrected chi connectivity index (χ1v) is 6.88. The smallest absolute Gasteiger partial charge is 0.323 e. The van der Waals surface area contributed by atoms with Crippen LogP contribution in [0.4, 0.5) is 11.9 Å². The van der Waals surface area contributed by atoms with Gasteiger partial charge in [0.25, 0.3) is 0 Å². The zero-order chi connectivity index (χ0) is 13.5. The molecule has 1 fully saturated rings. The van der Waals surface area contributed by atoms with Gasteiger partial charge in [-0.25, -0.2) is 0 Å². The Morgan fingerprint density at radius 1 is 1.26 bits per heavy atom. The van der Waals surface area contributed by atoms with Crippen LogP contribution in [0, 0.1) is 0 Å². The summed E-state index contributed by atoms with van der Waals surface area (Å²) in [6, 6.07) is 0.290. The third kappa shape index (κ3) is 4.51. The van der Waals surface area contributed by atoms with Gasteiger partial charge in [-0.1, -0.05) is 6.92 Å². The van der Waals surface area contributed by atoms with Gasteiger partial charge in [-0.05, 0) is 32.4 Å². The minimum atomic E-state index is 0.185. The highest BCUT2D eigenvalue weighted by Crippen LogP contribution is 2.10. The predicted molar refractivity (Wildman–Crippen MR) is 74.2 cm³/mol. The van der Waals surface area contributed by atoms with E-state index in [-0.39, 0.29) is 12.0 Å². The van der Waals surface area contributed by atoms with Crippen molar-refractivity contribution in [2.45, 2.75) is 26.2 Å². The average molecular weight is 266 g/mol. The summed E-state index contributed by atoms with van der Waals surface area (Å²) in [5, 5.41) is 3.17. The minimum Gasteiger partial charge on any atom is -0.463 e. The monoisotopic (exact) mass is 266 g/mol. The molecule has 1 saturated heterocycles. The Kier molecular flexibility index (Phi) is 5.14. The van der Waals surface area contributed by atoms with Crippen molar-refractivity contribution < 1.29 is 4.74 Å². The molecule has 3 N–H and O–H groups in total. The van der Waals surface area contributed by atoms with Gasteiger partial charge in [0.1, 0.15) is 0 Å². The Balaban J connectivity index is 1.82. The molecule has 106 valence electrons. The molecule has 0 radical (unpaired) electrons. The highest BCUT2D eigenvalue weighted by atomic mass is 16.5. The fraction of sp³-hybridized carbons (Fsp3) is 0.750. The zero-order valence-electron chi connectivity index (χ0n) is 11.4. The number of hydrogen-bond acceptors (Lipinski definition) is 7. The molecule has 1 aromatic rings. The maximum absolute atomic E-state index is 5.63. The van der Waals surface area contributed by atoms with Gasteiger partial charge in [0.05, 0.1) is 6.61 Å². The number of rotatable bonds is 7. The van der Waals surface area contributed by atoms with E-state index in [1.54, 1.807) is 0 Å². The molecule has 7 nitrogen and oxygen atoms in total. The van der Waals surface area contributed by atoms with Crippen LogP contribution in [0.15, 0.2) is 0 Å². The summed E-state index contributed by atoms with van der Waals surface area (Å²) in [4.78, 5) is 14.6. The molecular weight excluding hydrogens is 244 g/mol. The van der Waals surface area contributed by atoms with Gasteiger partial charge in [-0.2, -0.15) is 15.0 Å². The Bertz CT molecular complexity index is 394. The van der Waals surface area contributed by atoms with Crippen LogP contribution in [0.3, 0.4) is 0 Å². The van der Waals surface area contributed by atoms with E-state index in [0.29, 0.717) is 12.6 Å². The maximum Gasteiger partial charge on any atom is 0.323 e. The highest BCUT2D eigenvalue weighted by molar-refractivity contribution is 5.32. The van der Waals surface area contributed by atoms with E-state index < -0.39 is 0 Å². The number of aromatic nitrogens is 3. The maximum atomic E-state index is 5.63. The Labute approximate surface area is 113 Å². The second-order valence-electron chi connectivity index (χ2n) is 4.62. The lowest BCUT2D eigenvalue weighted by molar-refractivity contribution is 0.292. The molecular formula is C12H22N6O. The van der Waals surface area contributed by atoms with Crippen LogP contribution in [0.1, 0.15) is 26.2 Å². The van der Waals surface area contributed by atoms with Crippen molar-refractivity contribution in [3.05, 3.63) is 0 Å². The van der Waals surface area contributed by atoms with Crippen LogP contribution in [0.2, 0.25) is 0 Å². The van der Waals surface area contributed by atoms with Crippen molar-refractivity contribution in [2.24, 2.45) is 0 Å². The SMILES string of the molecule is CCCOc1nc(N)nc(NCCN2CCCC2)n1. The standard InChI is InChI=1S/C12H22N6O/c1-2-9-19-12-16-10(13)15-11(17-12)14-5-8-18-6-3-4-7-18/h2-9H2,1H3,(H3,13,14,15,16,17). The molecule has 2 heterocycles. The van der Waals surface area contributed by atoms with Gasteiger partial charge in [0, 0.05) is 13.1 Å². The van der Waals surface area contributed by atoms with Crippen LogP contribution >= 0.6 is 0 Å². The third-order valence-electron chi connectivity index (χ3n) is 2.98. The molecule has 0 aliphatic carbocycles. The molecule has 19 heavy (non-hydrogen) atoms. The molecule has 0 aromatic carbocycles. The lowest BCUT2D eigenvalue weighted by Gasteiger charge is -2.14. The molecule has 0 atom stereocenters. The second kappa shape index (κ2) is 7.08. The highest BCUT2D eigenvalue weighted by Gasteiger charge is 2.11. The summed E-state index contributed by atoms with van der Waals surface area (Å²) in [5.41, 5.74) is 5.63. The molecule has 0 unspecified atom stereocenters. The molecule has 0 spiro atoms. The number of nitrogens with zero attached hydrogens (tertiary/aromatic N) is 4. The normalized spacial score (nSPS) is 15.6. The quantitative estimate of drug-likeness (QED) is 0.752. The molecule has 7 heteroatoms. The number of ether oxygens (including phenoxy) is 1. The fourth-order valence-corrected chi connectivity index (χ4v) is 2.04. The second-order valence-corrected chi connectivity index (χ2v) is 4.62. The Hall–Kier alpha value is -1.63. The van der Waals surface area contributed by atoms with E-state index in [2.05, 4.69) is 25.2 Å². The van der Waals surface area contributed by atoms with Gasteiger partial charge in [0.15, 0.2) is 0 Å². The fourth-order valence-electron chi connectivity index (χ4n) is 2.04. The summed E-state index contributed by atoms with van der Waals surface area (Å²) in [7, 11) is 0. The number of hydrogen-bond donors (Lipinski definition) is 2. The van der Waals surface area contributed by atoms with Crippen molar-refractivity contribution in [3.63, 3.8) is 0 Å². The summed E-state index contributed by atoms with van der Waals surface area (Å²) in [6.07, 6.45) is 3.50. The Morgan fingerprint density at radius 2 is 2.05 bits per heavy atom. The van der Waals surface area contributed by atoms with Crippen LogP contribution in [0.5, 0.6) is 6.01 Å². The van der Waals surface area contributed by atoms with Gasteiger partial charge in [-0.3, -0.25) is 0 Å². The van der Waals surface area contributed by atoms with Crippen molar-refractivity contribution in [2.75, 3.05) is 43.8 Å². The topological polar surface area (TPSA) is 89.2 Å². The van der Waals surface area contributed by atoms with Crippen LogP contribution < -0.4 is 15.8 Å². The van der Waals surface area contributed by atoms with Gasteiger partial charge in [-0.15, -0.1) is 0 Å². The molecule has 1 aromatic heterocycles. The van der Waals surface area contributed by atoms with E-state index in [1.807, 2.05) is 6.92 Å². The van der Waals surface area contributed by atoms with Gasteiger partial charge in [0.2, 0.25) is 11.9 Å². The average Bonchev–Trinajstić information content (AvgIpc) is 2.89. The van der Waals surface area contributed by atoms with Gasteiger partial charge < -0.3 is 20.7 Å². The molecule has 1 aliphatic rings. The van der Waals surface area contributed by atoms with Crippen LogP contribution in [-0.4, -0.2) is 52.6 Å². The first kappa shape index (κ1) is 13.8. The summed E-state index contributed by atoms with van der Waals surface area (Å²) >= 11 is 0. The molecule has 1 aliphatic heterocycles. The molecule has 2 rings (SSSR count). The predicted octanol–water partition coefficient (Wildman–Crippen LogP) is 0.750. The number of likely N-dealkylation sites (tertiary alicyclic amines) is 1. The van der Waals surface area contributed by atoms with E-state index in [9.17, 15) is 0 Å².